The largest absolute Gasteiger partial charge is 0.467 e. The fourth-order valence-corrected chi connectivity index (χ4v) is 3.59. The number of hydrogen-bond acceptors (Lipinski definition) is 4. The molecule has 7 nitrogen and oxygen atoms in total. The summed E-state index contributed by atoms with van der Waals surface area (Å²) in [6.07, 6.45) is 3.14. The third-order valence-electron chi connectivity index (χ3n) is 5.14. The van der Waals surface area contributed by atoms with Crippen LogP contribution in [0.4, 0.5) is 0 Å². The minimum Gasteiger partial charge on any atom is -0.467 e. The Morgan fingerprint density at radius 1 is 0.903 bits per heavy atom. The molecule has 31 heavy (non-hydrogen) atoms. The highest BCUT2D eigenvalue weighted by molar-refractivity contribution is 5.81. The molecule has 1 N–H and O–H groups in total. The van der Waals surface area contributed by atoms with Crippen molar-refractivity contribution in [3.63, 3.8) is 0 Å². The highest BCUT2D eigenvalue weighted by atomic mass is 16.3. The first-order chi connectivity index (χ1) is 15.1. The smallest absolute Gasteiger partial charge is 0.332 e. The minimum absolute atomic E-state index is 0.00813. The first-order valence-electron chi connectivity index (χ1n) is 10.2. The van der Waals surface area contributed by atoms with Crippen LogP contribution in [0.15, 0.2) is 87.0 Å². The number of benzene rings is 2. The van der Waals surface area contributed by atoms with Crippen LogP contribution in [0.2, 0.25) is 0 Å². The zero-order valence-corrected chi connectivity index (χ0v) is 17.0. The zero-order chi connectivity index (χ0) is 21.6. The standard InChI is InChI=1S/C24H23N3O4/c28-22(25-14-6-10-18-8-2-1-3-9-18)17-26-21-13-5-4-12-20(21)23(29)27(24(26)30)16-19-11-7-15-31-19/h1-5,7-9,11-13,15H,6,10,14,16-17H2,(H,25,28). The van der Waals surface area contributed by atoms with Crippen molar-refractivity contribution in [2.24, 2.45) is 0 Å². The summed E-state index contributed by atoms with van der Waals surface area (Å²) in [5.41, 5.74) is 0.702. The molecule has 0 atom stereocenters. The molecule has 2 aromatic heterocycles. The van der Waals surface area contributed by atoms with E-state index in [-0.39, 0.29) is 19.0 Å². The molecule has 4 aromatic rings. The summed E-state index contributed by atoms with van der Waals surface area (Å²) in [5.74, 6) is 0.218. The molecule has 0 saturated carbocycles. The predicted molar refractivity (Wildman–Crippen MR) is 118 cm³/mol. The molecule has 0 spiro atoms. The van der Waals surface area contributed by atoms with Gasteiger partial charge in [0, 0.05) is 6.54 Å². The number of rotatable bonds is 8. The van der Waals surface area contributed by atoms with Crippen molar-refractivity contribution in [2.45, 2.75) is 25.9 Å². The van der Waals surface area contributed by atoms with Gasteiger partial charge in [-0.1, -0.05) is 42.5 Å². The van der Waals surface area contributed by atoms with Crippen LogP contribution in [-0.2, 0) is 24.3 Å². The van der Waals surface area contributed by atoms with Crippen LogP contribution in [0.3, 0.4) is 0 Å². The molecule has 0 bridgehead atoms. The maximum absolute atomic E-state index is 13.1. The predicted octanol–water partition coefficient (Wildman–Crippen LogP) is 2.55. The number of amides is 1. The molecule has 4 rings (SSSR count). The number of furan rings is 1. The van der Waals surface area contributed by atoms with Crippen molar-refractivity contribution in [3.05, 3.63) is 105 Å². The van der Waals surface area contributed by atoms with E-state index in [1.54, 1.807) is 36.4 Å². The van der Waals surface area contributed by atoms with Crippen LogP contribution in [0.25, 0.3) is 10.9 Å². The van der Waals surface area contributed by atoms with Gasteiger partial charge in [0.05, 0.1) is 23.7 Å². The molecule has 2 heterocycles. The average Bonchev–Trinajstić information content (AvgIpc) is 3.31. The van der Waals surface area contributed by atoms with E-state index in [1.807, 2.05) is 18.2 Å². The molecule has 0 fully saturated rings. The molecule has 0 aliphatic rings. The van der Waals surface area contributed by atoms with E-state index in [0.717, 1.165) is 17.4 Å². The monoisotopic (exact) mass is 417 g/mol. The maximum atomic E-state index is 13.1. The fraction of sp³-hybridized carbons (Fsp3) is 0.208. The molecule has 0 unspecified atom stereocenters. The summed E-state index contributed by atoms with van der Waals surface area (Å²) in [6, 6.07) is 20.3. The quantitative estimate of drug-likeness (QED) is 0.447. The molecular weight excluding hydrogens is 394 g/mol. The van der Waals surface area contributed by atoms with E-state index in [4.69, 9.17) is 4.42 Å². The third-order valence-corrected chi connectivity index (χ3v) is 5.14. The van der Waals surface area contributed by atoms with Crippen molar-refractivity contribution in [3.8, 4) is 0 Å². The lowest BCUT2D eigenvalue weighted by Crippen LogP contribution is -2.42. The number of fused-ring (bicyclic) bond motifs is 1. The van der Waals surface area contributed by atoms with E-state index < -0.39 is 11.2 Å². The zero-order valence-electron chi connectivity index (χ0n) is 17.0. The van der Waals surface area contributed by atoms with Gasteiger partial charge in [-0.05, 0) is 42.7 Å². The second-order valence-corrected chi connectivity index (χ2v) is 7.30. The number of para-hydroxylation sites is 1. The lowest BCUT2D eigenvalue weighted by molar-refractivity contribution is -0.121. The van der Waals surface area contributed by atoms with E-state index >= 15 is 0 Å². The second kappa shape index (κ2) is 9.30. The Hall–Kier alpha value is -3.87. The van der Waals surface area contributed by atoms with Crippen LogP contribution in [0, 0.1) is 0 Å². The Morgan fingerprint density at radius 3 is 2.45 bits per heavy atom. The van der Waals surface area contributed by atoms with Crippen LogP contribution < -0.4 is 16.6 Å². The van der Waals surface area contributed by atoms with E-state index in [0.29, 0.717) is 23.2 Å². The Balaban J connectivity index is 1.53. The van der Waals surface area contributed by atoms with Crippen molar-refractivity contribution >= 4 is 16.8 Å². The van der Waals surface area contributed by atoms with Gasteiger partial charge >= 0.3 is 5.69 Å². The molecule has 0 aliphatic carbocycles. The van der Waals surface area contributed by atoms with Crippen LogP contribution in [0.1, 0.15) is 17.7 Å². The second-order valence-electron chi connectivity index (χ2n) is 7.30. The first-order valence-corrected chi connectivity index (χ1v) is 10.2. The minimum atomic E-state index is -0.542. The number of carbonyl (C=O) groups excluding carboxylic acids is 1. The number of nitrogens with zero attached hydrogens (tertiary/aromatic N) is 2. The summed E-state index contributed by atoms with van der Waals surface area (Å²) in [7, 11) is 0. The normalized spacial score (nSPS) is 11.0. The Morgan fingerprint density at radius 2 is 1.68 bits per heavy atom. The topological polar surface area (TPSA) is 86.2 Å². The molecule has 7 heteroatoms. The van der Waals surface area contributed by atoms with Gasteiger partial charge in [-0.15, -0.1) is 0 Å². The Kier molecular flexibility index (Phi) is 6.12. The average molecular weight is 417 g/mol. The molecular formula is C24H23N3O4. The lowest BCUT2D eigenvalue weighted by atomic mass is 10.1. The SMILES string of the molecule is O=C(Cn1c(=O)n(Cc2ccco2)c(=O)c2ccccc21)NCCCc1ccccc1. The van der Waals surface area contributed by atoms with Crippen molar-refractivity contribution in [2.75, 3.05) is 6.54 Å². The van der Waals surface area contributed by atoms with Gasteiger partial charge in [-0.25, -0.2) is 4.79 Å². The molecule has 1 amide bonds. The van der Waals surface area contributed by atoms with Crippen molar-refractivity contribution in [1.29, 1.82) is 0 Å². The van der Waals surface area contributed by atoms with Gasteiger partial charge in [-0.2, -0.15) is 0 Å². The number of aryl methyl sites for hydroxylation is 1. The lowest BCUT2D eigenvalue weighted by Gasteiger charge is -2.13. The van der Waals surface area contributed by atoms with Crippen LogP contribution >= 0.6 is 0 Å². The van der Waals surface area contributed by atoms with Gasteiger partial charge in [0.2, 0.25) is 5.91 Å². The number of carbonyl (C=O) groups is 1. The van der Waals surface area contributed by atoms with Gasteiger partial charge in [-0.3, -0.25) is 18.7 Å². The molecule has 0 radical (unpaired) electrons. The van der Waals surface area contributed by atoms with Gasteiger partial charge in [0.15, 0.2) is 0 Å². The van der Waals surface area contributed by atoms with Crippen LogP contribution in [-0.4, -0.2) is 21.6 Å². The molecule has 158 valence electrons. The van der Waals surface area contributed by atoms with E-state index in [1.165, 1.54) is 16.4 Å². The molecule has 2 aromatic carbocycles. The maximum Gasteiger partial charge on any atom is 0.332 e. The molecule has 0 saturated heterocycles. The number of aromatic nitrogens is 2. The van der Waals surface area contributed by atoms with Gasteiger partial charge < -0.3 is 9.73 Å². The van der Waals surface area contributed by atoms with Gasteiger partial charge in [0.1, 0.15) is 12.3 Å². The Bertz CT molecular complexity index is 1290. The Labute approximate surface area is 178 Å². The van der Waals surface area contributed by atoms with Crippen molar-refractivity contribution in [1.82, 2.24) is 14.5 Å². The fourth-order valence-electron chi connectivity index (χ4n) is 3.59. The van der Waals surface area contributed by atoms with Crippen molar-refractivity contribution < 1.29 is 9.21 Å². The number of hydrogen-bond donors (Lipinski definition) is 1. The summed E-state index contributed by atoms with van der Waals surface area (Å²) < 4.78 is 7.74. The number of nitrogens with one attached hydrogen (secondary N) is 1. The summed E-state index contributed by atoms with van der Waals surface area (Å²) in [5, 5.41) is 3.25. The van der Waals surface area contributed by atoms with Crippen LogP contribution in [0.5, 0.6) is 0 Å². The third kappa shape index (κ3) is 4.66. The molecule has 0 aliphatic heterocycles. The highest BCUT2D eigenvalue weighted by Gasteiger charge is 2.16. The van der Waals surface area contributed by atoms with E-state index in [2.05, 4.69) is 17.4 Å². The first kappa shape index (κ1) is 20.4. The highest BCUT2D eigenvalue weighted by Crippen LogP contribution is 2.09. The van der Waals surface area contributed by atoms with E-state index in [9.17, 15) is 14.4 Å². The summed E-state index contributed by atoms with van der Waals surface area (Å²) in [4.78, 5) is 38.5. The van der Waals surface area contributed by atoms with Gasteiger partial charge in [0.25, 0.3) is 5.56 Å². The summed E-state index contributed by atoms with van der Waals surface area (Å²) in [6.45, 7) is 0.351. The summed E-state index contributed by atoms with van der Waals surface area (Å²) >= 11 is 0.